The predicted octanol–water partition coefficient (Wildman–Crippen LogP) is 0.203. The second-order valence-corrected chi connectivity index (χ2v) is 3.78. The molecule has 0 aliphatic carbocycles. The molecule has 0 aromatic carbocycles. The van der Waals surface area contributed by atoms with E-state index in [1.165, 1.54) is 14.0 Å². The van der Waals surface area contributed by atoms with Gasteiger partial charge >= 0.3 is 5.97 Å². The van der Waals surface area contributed by atoms with Gasteiger partial charge in [-0.2, -0.15) is 0 Å². The number of nitrogens with one attached hydrogen (secondary N) is 1. The van der Waals surface area contributed by atoms with E-state index in [1.807, 2.05) is 0 Å². The molecule has 1 amide bonds. The largest absolute Gasteiger partial charge is 0.479 e. The van der Waals surface area contributed by atoms with Crippen molar-refractivity contribution in [3.8, 4) is 0 Å². The van der Waals surface area contributed by atoms with E-state index in [0.717, 1.165) is 6.39 Å². The monoisotopic (exact) mass is 242 g/mol. The molecule has 0 bridgehead atoms. The molecule has 0 saturated heterocycles. The minimum atomic E-state index is -1.50. The molecule has 7 nitrogen and oxygen atoms in total. The Kier molecular flexibility index (Phi) is 3.84. The van der Waals surface area contributed by atoms with Crippen LogP contribution in [0.1, 0.15) is 23.2 Å². The lowest BCUT2D eigenvalue weighted by Crippen LogP contribution is -2.55. The van der Waals surface area contributed by atoms with Crippen molar-refractivity contribution in [1.82, 2.24) is 10.3 Å². The van der Waals surface area contributed by atoms with E-state index in [1.54, 1.807) is 6.92 Å². The fraction of sp³-hybridized carbons (Fsp3) is 0.500. The average molecular weight is 242 g/mol. The second kappa shape index (κ2) is 4.96. The molecular weight excluding hydrogens is 228 g/mol. The molecule has 94 valence electrons. The van der Waals surface area contributed by atoms with Crippen molar-refractivity contribution in [2.24, 2.45) is 0 Å². The highest BCUT2D eigenvalue weighted by Crippen LogP contribution is 2.09. The first kappa shape index (κ1) is 13.2. The number of methoxy groups -OCH3 is 1. The number of nitrogens with zero attached hydrogens (tertiary/aromatic N) is 1. The molecular formula is C10H14N2O5. The number of rotatable bonds is 5. The summed E-state index contributed by atoms with van der Waals surface area (Å²) < 4.78 is 9.65. The number of carboxylic acids is 1. The highest BCUT2D eigenvalue weighted by molar-refractivity contribution is 5.96. The van der Waals surface area contributed by atoms with Crippen molar-refractivity contribution in [1.29, 1.82) is 0 Å². The number of aliphatic carboxylic acids is 1. The second-order valence-electron chi connectivity index (χ2n) is 3.78. The van der Waals surface area contributed by atoms with Gasteiger partial charge in [0.05, 0.1) is 6.61 Å². The van der Waals surface area contributed by atoms with Gasteiger partial charge < -0.3 is 19.6 Å². The summed E-state index contributed by atoms with van der Waals surface area (Å²) in [7, 11) is 1.36. The molecule has 1 rings (SSSR count). The third kappa shape index (κ3) is 2.82. The molecule has 1 atom stereocenters. The number of carbonyl (C=O) groups is 2. The zero-order valence-electron chi connectivity index (χ0n) is 9.81. The molecule has 1 aromatic heterocycles. The maximum atomic E-state index is 11.8. The van der Waals surface area contributed by atoms with Crippen LogP contribution in [0.5, 0.6) is 0 Å². The summed E-state index contributed by atoms with van der Waals surface area (Å²) in [5, 5.41) is 11.4. The van der Waals surface area contributed by atoms with E-state index in [0.29, 0.717) is 5.76 Å². The van der Waals surface area contributed by atoms with Crippen LogP contribution in [-0.2, 0) is 9.53 Å². The molecule has 17 heavy (non-hydrogen) atoms. The number of aromatic nitrogens is 1. The fourth-order valence-corrected chi connectivity index (χ4v) is 1.27. The third-order valence-corrected chi connectivity index (χ3v) is 2.25. The van der Waals surface area contributed by atoms with E-state index >= 15 is 0 Å². The number of carboxylic acid groups (broad SMARTS) is 1. The number of ether oxygens (including phenoxy) is 1. The van der Waals surface area contributed by atoms with Crippen LogP contribution < -0.4 is 5.32 Å². The molecule has 2 N–H and O–H groups in total. The van der Waals surface area contributed by atoms with E-state index in [4.69, 9.17) is 14.3 Å². The predicted molar refractivity (Wildman–Crippen MR) is 56.6 cm³/mol. The van der Waals surface area contributed by atoms with Crippen molar-refractivity contribution >= 4 is 11.9 Å². The van der Waals surface area contributed by atoms with Crippen molar-refractivity contribution in [3.63, 3.8) is 0 Å². The van der Waals surface area contributed by atoms with Crippen LogP contribution in [0.2, 0.25) is 0 Å². The third-order valence-electron chi connectivity index (χ3n) is 2.25. The highest BCUT2D eigenvalue weighted by Gasteiger charge is 2.36. The molecule has 0 radical (unpaired) electrons. The topological polar surface area (TPSA) is 102 Å². The Labute approximate surface area is 97.8 Å². The molecule has 0 spiro atoms. The van der Waals surface area contributed by atoms with Gasteiger partial charge in [-0.1, -0.05) is 0 Å². The summed E-state index contributed by atoms with van der Waals surface area (Å²) in [6, 6.07) is 0. The molecule has 0 aliphatic rings. The van der Waals surface area contributed by atoms with Crippen molar-refractivity contribution in [3.05, 3.63) is 17.8 Å². The Bertz CT molecular complexity index is 428. The summed E-state index contributed by atoms with van der Waals surface area (Å²) in [5.74, 6) is -1.47. The van der Waals surface area contributed by atoms with Gasteiger partial charge in [0.15, 0.2) is 17.6 Å². The summed E-state index contributed by atoms with van der Waals surface area (Å²) in [6.45, 7) is 2.77. The van der Waals surface area contributed by atoms with E-state index < -0.39 is 17.4 Å². The Hall–Kier alpha value is -1.89. The molecule has 0 fully saturated rings. The molecule has 1 unspecified atom stereocenters. The van der Waals surface area contributed by atoms with Gasteiger partial charge in [0.1, 0.15) is 5.76 Å². The van der Waals surface area contributed by atoms with Gasteiger partial charge in [-0.25, -0.2) is 9.78 Å². The van der Waals surface area contributed by atoms with Crippen LogP contribution >= 0.6 is 0 Å². The Morgan fingerprint density at radius 1 is 1.65 bits per heavy atom. The zero-order chi connectivity index (χ0) is 13.1. The lowest BCUT2D eigenvalue weighted by molar-refractivity contribution is -0.145. The number of carbonyl (C=O) groups excluding carboxylic acids is 1. The van der Waals surface area contributed by atoms with Crippen molar-refractivity contribution in [2.75, 3.05) is 13.7 Å². The van der Waals surface area contributed by atoms with Gasteiger partial charge in [0.25, 0.3) is 5.91 Å². The standard InChI is InChI=1S/C10H14N2O5/c1-6-7(11-5-17-6)8(13)12-10(2,4-16-3)9(14)15/h5H,4H2,1-3H3,(H,12,13)(H,14,15). The number of hydrogen-bond acceptors (Lipinski definition) is 5. The van der Waals surface area contributed by atoms with Gasteiger partial charge in [0.2, 0.25) is 0 Å². The highest BCUT2D eigenvalue weighted by atomic mass is 16.5. The summed E-state index contributed by atoms with van der Waals surface area (Å²) in [4.78, 5) is 26.5. The number of oxazole rings is 1. The van der Waals surface area contributed by atoms with Gasteiger partial charge in [0, 0.05) is 7.11 Å². The van der Waals surface area contributed by atoms with Crippen LogP contribution in [0.25, 0.3) is 0 Å². The first-order chi connectivity index (χ1) is 7.90. The SMILES string of the molecule is COCC(C)(NC(=O)c1ncoc1C)C(=O)O. The van der Waals surface area contributed by atoms with Crippen molar-refractivity contribution < 1.29 is 23.8 Å². The number of hydrogen-bond donors (Lipinski definition) is 2. The number of aryl methyl sites for hydroxylation is 1. The Morgan fingerprint density at radius 3 is 2.71 bits per heavy atom. The lowest BCUT2D eigenvalue weighted by Gasteiger charge is -2.24. The normalized spacial score (nSPS) is 14.1. The average Bonchev–Trinajstić information content (AvgIpc) is 2.64. The Balaban J connectivity index is 2.85. The Morgan fingerprint density at radius 2 is 2.29 bits per heavy atom. The van der Waals surface area contributed by atoms with Gasteiger partial charge in [-0.15, -0.1) is 0 Å². The van der Waals surface area contributed by atoms with Gasteiger partial charge in [-0.3, -0.25) is 4.79 Å². The smallest absolute Gasteiger partial charge is 0.331 e. The van der Waals surface area contributed by atoms with Crippen LogP contribution in [0.4, 0.5) is 0 Å². The molecule has 1 aromatic rings. The van der Waals surface area contributed by atoms with Crippen LogP contribution in [0.15, 0.2) is 10.8 Å². The minimum absolute atomic E-state index is 0.0635. The summed E-state index contributed by atoms with van der Waals surface area (Å²) >= 11 is 0. The maximum absolute atomic E-state index is 11.8. The molecule has 0 saturated carbocycles. The van der Waals surface area contributed by atoms with Crippen LogP contribution in [-0.4, -0.2) is 41.2 Å². The maximum Gasteiger partial charge on any atom is 0.331 e. The van der Waals surface area contributed by atoms with Crippen LogP contribution in [0, 0.1) is 6.92 Å². The molecule has 7 heteroatoms. The lowest BCUT2D eigenvalue weighted by atomic mass is 10.0. The van der Waals surface area contributed by atoms with E-state index in [9.17, 15) is 9.59 Å². The van der Waals surface area contributed by atoms with Crippen molar-refractivity contribution in [2.45, 2.75) is 19.4 Å². The fourth-order valence-electron chi connectivity index (χ4n) is 1.27. The summed E-state index contributed by atoms with van der Waals surface area (Å²) in [5.41, 5.74) is -1.44. The first-order valence-corrected chi connectivity index (χ1v) is 4.85. The molecule has 0 aliphatic heterocycles. The van der Waals surface area contributed by atoms with E-state index in [2.05, 4.69) is 10.3 Å². The van der Waals surface area contributed by atoms with Gasteiger partial charge in [-0.05, 0) is 13.8 Å². The summed E-state index contributed by atoms with van der Waals surface area (Å²) in [6.07, 6.45) is 1.12. The minimum Gasteiger partial charge on any atom is -0.479 e. The molecule has 1 heterocycles. The van der Waals surface area contributed by atoms with E-state index in [-0.39, 0.29) is 12.3 Å². The first-order valence-electron chi connectivity index (χ1n) is 4.85. The zero-order valence-corrected chi connectivity index (χ0v) is 9.81. The number of amides is 1. The quantitative estimate of drug-likeness (QED) is 0.764. The van der Waals surface area contributed by atoms with Crippen LogP contribution in [0.3, 0.4) is 0 Å².